The number of carbonyl (C=O) groups is 2. The number of nitrogens with one attached hydrogen (secondary N) is 1. The van der Waals surface area contributed by atoms with Crippen LogP contribution in [0.2, 0.25) is 0 Å². The number of benzene rings is 2. The van der Waals surface area contributed by atoms with Gasteiger partial charge in [-0.2, -0.15) is 0 Å². The Morgan fingerprint density at radius 2 is 2.11 bits per heavy atom. The molecule has 3 aromatic rings. The molecule has 1 fully saturated rings. The fourth-order valence-corrected chi connectivity index (χ4v) is 4.32. The van der Waals surface area contributed by atoms with E-state index in [1.807, 2.05) is 56.3 Å². The van der Waals surface area contributed by atoms with E-state index in [0.717, 1.165) is 21.5 Å². The van der Waals surface area contributed by atoms with Gasteiger partial charge in [-0.05, 0) is 37.6 Å². The molecule has 7 heteroatoms. The van der Waals surface area contributed by atoms with Crippen LogP contribution in [0.3, 0.4) is 0 Å². The minimum atomic E-state index is -0.398. The lowest BCUT2D eigenvalue weighted by atomic mass is 10.1. The van der Waals surface area contributed by atoms with Gasteiger partial charge in [-0.1, -0.05) is 35.6 Å². The molecular weight excluding hydrogens is 374 g/mol. The lowest BCUT2D eigenvalue weighted by Gasteiger charge is -2.18. The van der Waals surface area contributed by atoms with Crippen molar-refractivity contribution in [3.63, 3.8) is 0 Å². The van der Waals surface area contributed by atoms with E-state index in [9.17, 15) is 9.59 Å². The van der Waals surface area contributed by atoms with Crippen LogP contribution in [0.1, 0.15) is 18.9 Å². The number of hydrogen-bond donors (Lipinski definition) is 1. The van der Waals surface area contributed by atoms with Crippen LogP contribution >= 0.6 is 11.3 Å². The van der Waals surface area contributed by atoms with Crippen molar-refractivity contribution < 1.29 is 14.3 Å². The zero-order valence-corrected chi connectivity index (χ0v) is 16.6. The van der Waals surface area contributed by atoms with E-state index in [2.05, 4.69) is 10.3 Å². The number of aromatic nitrogens is 1. The first-order chi connectivity index (χ1) is 13.6. The maximum absolute atomic E-state index is 12.8. The molecule has 1 aromatic heterocycles. The van der Waals surface area contributed by atoms with E-state index in [-0.39, 0.29) is 18.2 Å². The molecule has 1 N–H and O–H groups in total. The summed E-state index contributed by atoms with van der Waals surface area (Å²) in [7, 11) is 0. The number of hydrogen-bond acceptors (Lipinski definition) is 5. The third-order valence-corrected chi connectivity index (χ3v) is 5.75. The molecule has 1 saturated heterocycles. The van der Waals surface area contributed by atoms with Gasteiger partial charge in [0.1, 0.15) is 11.3 Å². The number of para-hydroxylation sites is 2. The molecular formula is C21H21N3O3S. The lowest BCUT2D eigenvalue weighted by Crippen LogP contribution is -2.28. The number of rotatable bonds is 5. The van der Waals surface area contributed by atoms with E-state index >= 15 is 0 Å². The van der Waals surface area contributed by atoms with Gasteiger partial charge in [0, 0.05) is 18.7 Å². The first kappa shape index (κ1) is 18.4. The Kier molecular flexibility index (Phi) is 5.00. The number of carbonyl (C=O) groups excluding carboxylic acids is 2. The third kappa shape index (κ3) is 3.45. The molecule has 0 saturated carbocycles. The van der Waals surface area contributed by atoms with Gasteiger partial charge in [-0.25, -0.2) is 4.98 Å². The van der Waals surface area contributed by atoms with Gasteiger partial charge < -0.3 is 15.0 Å². The summed E-state index contributed by atoms with van der Waals surface area (Å²) in [5.41, 5.74) is 2.63. The molecule has 2 amide bonds. The first-order valence-electron chi connectivity index (χ1n) is 9.26. The maximum atomic E-state index is 12.8. The Balaban J connectivity index is 1.50. The second kappa shape index (κ2) is 7.59. The quantitative estimate of drug-likeness (QED) is 0.709. The Bertz CT molecular complexity index is 1050. The highest BCUT2D eigenvalue weighted by molar-refractivity contribution is 7.22. The van der Waals surface area contributed by atoms with Crippen molar-refractivity contribution in [1.82, 2.24) is 4.98 Å². The summed E-state index contributed by atoms with van der Waals surface area (Å²) in [6.45, 7) is 4.82. The van der Waals surface area contributed by atoms with Crippen LogP contribution in [0.4, 0.5) is 10.8 Å². The summed E-state index contributed by atoms with van der Waals surface area (Å²) >= 11 is 1.40. The molecule has 2 heterocycles. The van der Waals surface area contributed by atoms with E-state index in [4.69, 9.17) is 4.74 Å². The van der Waals surface area contributed by atoms with Crippen molar-refractivity contribution in [2.45, 2.75) is 20.3 Å². The first-order valence-corrected chi connectivity index (χ1v) is 10.1. The van der Waals surface area contributed by atoms with E-state index in [1.165, 1.54) is 11.3 Å². The minimum absolute atomic E-state index is 0.0302. The Morgan fingerprint density at radius 1 is 1.29 bits per heavy atom. The minimum Gasteiger partial charge on any atom is -0.492 e. The Labute approximate surface area is 167 Å². The molecule has 1 unspecified atom stereocenters. The van der Waals surface area contributed by atoms with Gasteiger partial charge in [0.25, 0.3) is 0 Å². The summed E-state index contributed by atoms with van der Waals surface area (Å²) in [5.74, 6) is 0.0998. The summed E-state index contributed by atoms with van der Waals surface area (Å²) in [6, 6.07) is 13.4. The van der Waals surface area contributed by atoms with Crippen LogP contribution in [0, 0.1) is 12.8 Å². The molecule has 144 valence electrons. The molecule has 2 aromatic carbocycles. The second-order valence-corrected chi connectivity index (χ2v) is 7.77. The fraction of sp³-hybridized carbons (Fsp3) is 0.286. The molecule has 0 bridgehead atoms. The molecule has 0 spiro atoms. The van der Waals surface area contributed by atoms with Crippen LogP contribution in [0.5, 0.6) is 5.75 Å². The number of nitrogens with zero attached hydrogens (tertiary/aromatic N) is 2. The van der Waals surface area contributed by atoms with E-state index < -0.39 is 5.92 Å². The fourth-order valence-electron chi connectivity index (χ4n) is 3.44. The summed E-state index contributed by atoms with van der Waals surface area (Å²) in [4.78, 5) is 31.4. The molecule has 1 aliphatic rings. The predicted octanol–water partition coefficient (Wildman–Crippen LogP) is 4.00. The van der Waals surface area contributed by atoms with Gasteiger partial charge in [0.15, 0.2) is 5.13 Å². The van der Waals surface area contributed by atoms with Crippen molar-refractivity contribution in [3.05, 3.63) is 48.0 Å². The SMILES string of the molecule is CCOc1cccc2sc(NC(=O)C3CC(=O)N(c4ccccc4C)C3)nc12. The molecule has 1 aliphatic heterocycles. The van der Waals surface area contributed by atoms with Crippen LogP contribution in [-0.2, 0) is 9.59 Å². The van der Waals surface area contributed by atoms with E-state index in [1.54, 1.807) is 4.90 Å². The Hall–Kier alpha value is -2.93. The van der Waals surface area contributed by atoms with Crippen LogP contribution < -0.4 is 15.0 Å². The van der Waals surface area contributed by atoms with Gasteiger partial charge in [0.2, 0.25) is 11.8 Å². The average molecular weight is 395 g/mol. The largest absolute Gasteiger partial charge is 0.492 e. The monoisotopic (exact) mass is 395 g/mol. The van der Waals surface area contributed by atoms with E-state index in [0.29, 0.717) is 24.0 Å². The molecule has 0 radical (unpaired) electrons. The van der Waals surface area contributed by atoms with Crippen molar-refractivity contribution in [2.24, 2.45) is 5.92 Å². The van der Waals surface area contributed by atoms with Gasteiger partial charge in [0.05, 0.1) is 17.2 Å². The molecule has 4 rings (SSSR count). The molecule has 1 atom stereocenters. The molecule has 28 heavy (non-hydrogen) atoms. The van der Waals surface area contributed by atoms with Crippen LogP contribution in [-0.4, -0.2) is 29.9 Å². The lowest BCUT2D eigenvalue weighted by molar-refractivity contribution is -0.122. The zero-order chi connectivity index (χ0) is 19.7. The highest BCUT2D eigenvalue weighted by Crippen LogP contribution is 2.33. The summed E-state index contributed by atoms with van der Waals surface area (Å²) in [6.07, 6.45) is 0.204. The zero-order valence-electron chi connectivity index (χ0n) is 15.8. The van der Waals surface area contributed by atoms with Crippen LogP contribution in [0.25, 0.3) is 10.2 Å². The van der Waals surface area contributed by atoms with Crippen molar-refractivity contribution in [3.8, 4) is 5.75 Å². The number of amides is 2. The second-order valence-electron chi connectivity index (χ2n) is 6.74. The summed E-state index contributed by atoms with van der Waals surface area (Å²) < 4.78 is 6.56. The molecule has 0 aliphatic carbocycles. The normalized spacial score (nSPS) is 16.6. The number of anilines is 2. The third-order valence-electron chi connectivity index (χ3n) is 4.81. The topological polar surface area (TPSA) is 71.5 Å². The highest BCUT2D eigenvalue weighted by Gasteiger charge is 2.36. The predicted molar refractivity (Wildman–Crippen MR) is 111 cm³/mol. The van der Waals surface area contributed by atoms with Gasteiger partial charge in [-0.3, -0.25) is 9.59 Å². The smallest absolute Gasteiger partial charge is 0.231 e. The standard InChI is InChI=1S/C21H21N3O3S/c1-3-27-16-9-6-10-17-19(16)22-21(28-17)23-20(26)14-11-18(25)24(12-14)15-8-5-4-7-13(15)2/h4-10,14H,3,11-12H2,1-2H3,(H,22,23,26). The van der Waals surface area contributed by atoms with Crippen LogP contribution in [0.15, 0.2) is 42.5 Å². The molecule has 6 nitrogen and oxygen atoms in total. The summed E-state index contributed by atoms with van der Waals surface area (Å²) in [5, 5.41) is 3.41. The number of fused-ring (bicyclic) bond motifs is 1. The Morgan fingerprint density at radius 3 is 2.89 bits per heavy atom. The number of thiazole rings is 1. The van der Waals surface area contributed by atoms with Gasteiger partial charge >= 0.3 is 0 Å². The van der Waals surface area contributed by atoms with Crippen molar-refractivity contribution in [1.29, 1.82) is 0 Å². The average Bonchev–Trinajstić information content (AvgIpc) is 3.26. The van der Waals surface area contributed by atoms with Crippen molar-refractivity contribution >= 4 is 44.2 Å². The number of ether oxygens (including phenoxy) is 1. The number of aryl methyl sites for hydroxylation is 1. The maximum Gasteiger partial charge on any atom is 0.231 e. The van der Waals surface area contributed by atoms with Gasteiger partial charge in [-0.15, -0.1) is 0 Å². The highest BCUT2D eigenvalue weighted by atomic mass is 32.1. The van der Waals surface area contributed by atoms with Crippen molar-refractivity contribution in [2.75, 3.05) is 23.4 Å².